The van der Waals surface area contributed by atoms with Crippen LogP contribution in [0.1, 0.15) is 15.2 Å². The minimum Gasteiger partial charge on any atom is -0.497 e. The first-order chi connectivity index (χ1) is 10.1. The largest absolute Gasteiger partial charge is 0.497 e. The molecule has 2 aromatic rings. The second kappa shape index (κ2) is 6.90. The van der Waals surface area contributed by atoms with Crippen LogP contribution < -0.4 is 10.1 Å². The predicted molar refractivity (Wildman–Crippen MR) is 81.0 cm³/mol. The van der Waals surface area contributed by atoms with E-state index < -0.39 is 5.97 Å². The van der Waals surface area contributed by atoms with E-state index in [0.717, 1.165) is 5.56 Å². The van der Waals surface area contributed by atoms with Crippen LogP contribution in [0.25, 0.3) is 0 Å². The number of amides is 1. The lowest BCUT2D eigenvalue weighted by molar-refractivity contribution is -0.115. The minimum absolute atomic E-state index is 0.202. The van der Waals surface area contributed by atoms with Crippen LogP contribution in [0.2, 0.25) is 0 Å². The zero-order chi connectivity index (χ0) is 15.2. The fraction of sp³-hybridized carbons (Fsp3) is 0.200. The third-order valence-corrected chi connectivity index (χ3v) is 3.70. The van der Waals surface area contributed by atoms with Gasteiger partial charge in [-0.05, 0) is 29.1 Å². The summed E-state index contributed by atoms with van der Waals surface area (Å²) in [4.78, 5) is 24.0. The van der Waals surface area contributed by atoms with Crippen LogP contribution >= 0.6 is 11.3 Å². The highest BCUT2D eigenvalue weighted by Gasteiger charge is 2.15. The van der Waals surface area contributed by atoms with E-state index in [-0.39, 0.29) is 12.3 Å². The van der Waals surface area contributed by atoms with Gasteiger partial charge < -0.3 is 14.8 Å². The summed E-state index contributed by atoms with van der Waals surface area (Å²) in [6.07, 6.45) is 0.202. The predicted octanol–water partition coefficient (Wildman–Crippen LogP) is 2.72. The Kier molecular flexibility index (Phi) is 4.94. The van der Waals surface area contributed by atoms with Crippen molar-refractivity contribution < 1.29 is 19.1 Å². The summed E-state index contributed by atoms with van der Waals surface area (Å²) < 4.78 is 9.79. The third kappa shape index (κ3) is 3.82. The summed E-state index contributed by atoms with van der Waals surface area (Å²) in [7, 11) is 2.89. The van der Waals surface area contributed by atoms with E-state index >= 15 is 0 Å². The van der Waals surface area contributed by atoms with Gasteiger partial charge in [0.05, 0.1) is 26.3 Å². The molecule has 0 saturated carbocycles. The van der Waals surface area contributed by atoms with Crippen molar-refractivity contribution in [3.8, 4) is 5.75 Å². The number of rotatable bonds is 5. The molecule has 6 heteroatoms. The summed E-state index contributed by atoms with van der Waals surface area (Å²) >= 11 is 1.23. The number of esters is 1. The van der Waals surface area contributed by atoms with Gasteiger partial charge in [0, 0.05) is 0 Å². The van der Waals surface area contributed by atoms with E-state index in [1.54, 1.807) is 24.6 Å². The maximum atomic E-state index is 12.0. The normalized spacial score (nSPS) is 10.0. The van der Waals surface area contributed by atoms with Crippen molar-refractivity contribution in [3.05, 3.63) is 46.2 Å². The molecule has 0 aliphatic rings. The molecular formula is C15H15NO4S. The van der Waals surface area contributed by atoms with Crippen LogP contribution in [0.3, 0.4) is 0 Å². The molecule has 0 radical (unpaired) electrons. The highest BCUT2D eigenvalue weighted by molar-refractivity contribution is 7.12. The number of carbonyl (C=O) groups excluding carboxylic acids is 2. The summed E-state index contributed by atoms with van der Waals surface area (Å²) in [6.45, 7) is 0. The molecule has 1 amide bonds. The monoisotopic (exact) mass is 305 g/mol. The Labute approximate surface area is 126 Å². The molecule has 1 aromatic heterocycles. The van der Waals surface area contributed by atoms with Gasteiger partial charge >= 0.3 is 5.97 Å². The lowest BCUT2D eigenvalue weighted by Crippen LogP contribution is -2.16. The molecule has 0 aliphatic heterocycles. The topological polar surface area (TPSA) is 64.6 Å². The average Bonchev–Trinajstić information content (AvgIpc) is 2.94. The molecule has 0 saturated heterocycles. The van der Waals surface area contributed by atoms with E-state index in [4.69, 9.17) is 4.74 Å². The summed E-state index contributed by atoms with van der Waals surface area (Å²) in [5.41, 5.74) is 1.31. The Morgan fingerprint density at radius 2 is 2.05 bits per heavy atom. The minimum atomic E-state index is -0.457. The van der Waals surface area contributed by atoms with Gasteiger partial charge in [0.15, 0.2) is 0 Å². The van der Waals surface area contributed by atoms with Crippen LogP contribution in [-0.4, -0.2) is 26.1 Å². The van der Waals surface area contributed by atoms with Gasteiger partial charge in [-0.25, -0.2) is 4.79 Å². The van der Waals surface area contributed by atoms with Crippen molar-refractivity contribution in [1.29, 1.82) is 0 Å². The molecule has 110 valence electrons. The Morgan fingerprint density at radius 1 is 1.24 bits per heavy atom. The van der Waals surface area contributed by atoms with Crippen molar-refractivity contribution in [1.82, 2.24) is 0 Å². The molecule has 0 bridgehead atoms. The van der Waals surface area contributed by atoms with Gasteiger partial charge in [-0.2, -0.15) is 0 Å². The molecule has 1 aromatic carbocycles. The molecule has 1 heterocycles. The average molecular weight is 305 g/mol. The van der Waals surface area contributed by atoms with E-state index in [1.165, 1.54) is 18.4 Å². The number of carbonyl (C=O) groups is 2. The van der Waals surface area contributed by atoms with Gasteiger partial charge in [-0.15, -0.1) is 11.3 Å². The number of methoxy groups -OCH3 is 2. The van der Waals surface area contributed by atoms with Gasteiger partial charge in [0.1, 0.15) is 10.6 Å². The second-order valence-electron chi connectivity index (χ2n) is 4.23. The molecule has 0 fully saturated rings. The molecule has 0 unspecified atom stereocenters. The molecule has 1 N–H and O–H groups in total. The van der Waals surface area contributed by atoms with Crippen molar-refractivity contribution in [2.24, 2.45) is 0 Å². The number of hydrogen-bond donors (Lipinski definition) is 1. The Balaban J connectivity index is 2.05. The number of thiophene rings is 1. The highest BCUT2D eigenvalue weighted by atomic mass is 32.1. The second-order valence-corrected chi connectivity index (χ2v) is 5.15. The van der Waals surface area contributed by atoms with E-state index in [0.29, 0.717) is 16.3 Å². The number of anilines is 1. The third-order valence-electron chi connectivity index (χ3n) is 2.81. The standard InChI is InChI=1S/C15H15NO4S/c1-19-11-5-3-4-10(8-11)9-13(17)16-12-6-7-21-14(12)15(18)20-2/h3-8H,9H2,1-2H3,(H,16,17). The lowest BCUT2D eigenvalue weighted by atomic mass is 10.1. The van der Waals surface area contributed by atoms with Gasteiger partial charge in [0.2, 0.25) is 5.91 Å². The maximum absolute atomic E-state index is 12.0. The fourth-order valence-electron chi connectivity index (χ4n) is 1.82. The molecule has 5 nitrogen and oxygen atoms in total. The first-order valence-corrected chi connectivity index (χ1v) is 7.10. The maximum Gasteiger partial charge on any atom is 0.350 e. The van der Waals surface area contributed by atoms with Gasteiger partial charge in [0.25, 0.3) is 0 Å². The zero-order valence-electron chi connectivity index (χ0n) is 11.7. The summed E-state index contributed by atoms with van der Waals surface area (Å²) in [6, 6.07) is 8.97. The molecule has 0 atom stereocenters. The smallest absolute Gasteiger partial charge is 0.350 e. The molecule has 21 heavy (non-hydrogen) atoms. The Bertz CT molecular complexity index is 651. The molecule has 0 aliphatic carbocycles. The first-order valence-electron chi connectivity index (χ1n) is 6.22. The van der Waals surface area contributed by atoms with E-state index in [1.807, 2.05) is 18.2 Å². The number of benzene rings is 1. The van der Waals surface area contributed by atoms with Crippen molar-refractivity contribution in [2.45, 2.75) is 6.42 Å². The molecule has 0 spiro atoms. The van der Waals surface area contributed by atoms with Crippen molar-refractivity contribution >= 4 is 28.9 Å². The Morgan fingerprint density at radius 3 is 2.76 bits per heavy atom. The van der Waals surface area contributed by atoms with Crippen LogP contribution in [0.5, 0.6) is 5.75 Å². The van der Waals surface area contributed by atoms with Crippen LogP contribution in [0.4, 0.5) is 5.69 Å². The molecule has 2 rings (SSSR count). The number of hydrogen-bond acceptors (Lipinski definition) is 5. The van der Waals surface area contributed by atoms with Crippen LogP contribution in [0.15, 0.2) is 35.7 Å². The zero-order valence-corrected chi connectivity index (χ0v) is 12.5. The van der Waals surface area contributed by atoms with Crippen molar-refractivity contribution in [3.63, 3.8) is 0 Å². The van der Waals surface area contributed by atoms with E-state index in [2.05, 4.69) is 10.1 Å². The summed E-state index contributed by atoms with van der Waals surface area (Å²) in [5, 5.41) is 4.45. The van der Waals surface area contributed by atoms with Crippen molar-refractivity contribution in [2.75, 3.05) is 19.5 Å². The first kappa shape index (κ1) is 15.1. The highest BCUT2D eigenvalue weighted by Crippen LogP contribution is 2.23. The SMILES string of the molecule is COC(=O)c1sccc1NC(=O)Cc1cccc(OC)c1. The Hall–Kier alpha value is -2.34. The summed E-state index contributed by atoms with van der Waals surface area (Å²) in [5.74, 6) is 0.0413. The van der Waals surface area contributed by atoms with E-state index in [9.17, 15) is 9.59 Å². The van der Waals surface area contributed by atoms with Crippen LogP contribution in [0, 0.1) is 0 Å². The quantitative estimate of drug-likeness (QED) is 0.863. The lowest BCUT2D eigenvalue weighted by Gasteiger charge is -2.07. The number of nitrogens with one attached hydrogen (secondary N) is 1. The van der Waals surface area contributed by atoms with Gasteiger partial charge in [-0.1, -0.05) is 12.1 Å². The van der Waals surface area contributed by atoms with Gasteiger partial charge in [-0.3, -0.25) is 4.79 Å². The molecular weight excluding hydrogens is 290 g/mol. The van der Waals surface area contributed by atoms with Crippen LogP contribution in [-0.2, 0) is 16.0 Å². The fourth-order valence-corrected chi connectivity index (χ4v) is 2.59. The number of ether oxygens (including phenoxy) is 2.